The molecule has 2 unspecified atom stereocenters. The van der Waals surface area contributed by atoms with Gasteiger partial charge < -0.3 is 10.4 Å². The lowest BCUT2D eigenvalue weighted by Gasteiger charge is -2.27. The van der Waals surface area contributed by atoms with Gasteiger partial charge >= 0.3 is 0 Å². The molecule has 0 bridgehead atoms. The summed E-state index contributed by atoms with van der Waals surface area (Å²) >= 11 is 5.94. The molecule has 0 spiro atoms. The van der Waals surface area contributed by atoms with Crippen molar-refractivity contribution < 1.29 is 5.11 Å². The van der Waals surface area contributed by atoms with E-state index in [9.17, 15) is 5.11 Å². The molecule has 17 heavy (non-hydrogen) atoms. The summed E-state index contributed by atoms with van der Waals surface area (Å²) in [7, 11) is 0. The van der Waals surface area contributed by atoms with Crippen molar-refractivity contribution in [1.82, 2.24) is 5.32 Å². The second-order valence-electron chi connectivity index (χ2n) is 4.84. The quantitative estimate of drug-likeness (QED) is 0.865. The normalized spacial score (nSPS) is 22.4. The minimum absolute atomic E-state index is 0.193. The van der Waals surface area contributed by atoms with Gasteiger partial charge in [0.15, 0.2) is 0 Å². The van der Waals surface area contributed by atoms with E-state index in [0.29, 0.717) is 5.92 Å². The fourth-order valence-corrected chi connectivity index (χ4v) is 2.66. The summed E-state index contributed by atoms with van der Waals surface area (Å²) in [6, 6.07) is 7.89. The van der Waals surface area contributed by atoms with Crippen molar-refractivity contribution in [2.75, 3.05) is 13.1 Å². The highest BCUT2D eigenvalue weighted by Gasteiger charge is 2.20. The zero-order chi connectivity index (χ0) is 12.1. The third kappa shape index (κ3) is 3.98. The highest BCUT2D eigenvalue weighted by Crippen LogP contribution is 2.19. The summed E-state index contributed by atoms with van der Waals surface area (Å²) in [6.07, 6.45) is 3.86. The summed E-state index contributed by atoms with van der Waals surface area (Å²) in [6.45, 7) is 2.05. The molecule has 1 saturated heterocycles. The SMILES string of the molecule is OC(CCc1cccc(Cl)c1)C1CCCNC1. The number of piperidine rings is 1. The second kappa shape index (κ2) is 6.39. The Bertz CT molecular complexity index is 350. The molecule has 0 aliphatic carbocycles. The van der Waals surface area contributed by atoms with Gasteiger partial charge in [-0.1, -0.05) is 23.7 Å². The van der Waals surface area contributed by atoms with Crippen LogP contribution in [0.25, 0.3) is 0 Å². The second-order valence-corrected chi connectivity index (χ2v) is 5.28. The van der Waals surface area contributed by atoms with Crippen molar-refractivity contribution in [2.24, 2.45) is 5.92 Å². The first kappa shape index (κ1) is 12.9. The molecule has 0 saturated carbocycles. The minimum atomic E-state index is -0.193. The predicted molar refractivity (Wildman–Crippen MR) is 71.4 cm³/mol. The van der Waals surface area contributed by atoms with E-state index in [1.54, 1.807) is 0 Å². The van der Waals surface area contributed by atoms with Gasteiger partial charge in [0.25, 0.3) is 0 Å². The first-order valence-electron chi connectivity index (χ1n) is 6.39. The number of aryl methyl sites for hydroxylation is 1. The smallest absolute Gasteiger partial charge is 0.0583 e. The van der Waals surface area contributed by atoms with E-state index in [2.05, 4.69) is 11.4 Å². The van der Waals surface area contributed by atoms with E-state index in [4.69, 9.17) is 11.6 Å². The molecule has 2 N–H and O–H groups in total. The van der Waals surface area contributed by atoms with Crippen LogP contribution in [0.2, 0.25) is 5.02 Å². The lowest BCUT2D eigenvalue weighted by atomic mass is 9.90. The van der Waals surface area contributed by atoms with Crippen LogP contribution in [0.4, 0.5) is 0 Å². The van der Waals surface area contributed by atoms with Gasteiger partial charge in [-0.05, 0) is 55.8 Å². The average Bonchev–Trinajstić information content (AvgIpc) is 2.37. The lowest BCUT2D eigenvalue weighted by molar-refractivity contribution is 0.0844. The van der Waals surface area contributed by atoms with Gasteiger partial charge in [-0.25, -0.2) is 0 Å². The first-order chi connectivity index (χ1) is 8.25. The van der Waals surface area contributed by atoms with Crippen molar-refractivity contribution in [3.05, 3.63) is 34.9 Å². The van der Waals surface area contributed by atoms with Crippen LogP contribution < -0.4 is 5.32 Å². The third-order valence-corrected chi connectivity index (χ3v) is 3.73. The van der Waals surface area contributed by atoms with Crippen molar-refractivity contribution in [2.45, 2.75) is 31.8 Å². The Balaban J connectivity index is 1.80. The Kier molecular flexibility index (Phi) is 4.84. The van der Waals surface area contributed by atoms with Crippen molar-refractivity contribution in [3.63, 3.8) is 0 Å². The lowest BCUT2D eigenvalue weighted by Crippen LogP contribution is -2.36. The van der Waals surface area contributed by atoms with Crippen LogP contribution >= 0.6 is 11.6 Å². The van der Waals surface area contributed by atoms with Crippen LogP contribution in [-0.2, 0) is 6.42 Å². The van der Waals surface area contributed by atoms with E-state index >= 15 is 0 Å². The van der Waals surface area contributed by atoms with Gasteiger partial charge in [-0.2, -0.15) is 0 Å². The number of aliphatic hydroxyl groups is 1. The number of hydrogen-bond donors (Lipinski definition) is 2. The zero-order valence-corrected chi connectivity index (χ0v) is 10.8. The van der Waals surface area contributed by atoms with Crippen LogP contribution in [-0.4, -0.2) is 24.3 Å². The molecule has 0 radical (unpaired) electrons. The molecule has 1 fully saturated rings. The fraction of sp³-hybridized carbons (Fsp3) is 0.571. The topological polar surface area (TPSA) is 32.3 Å². The van der Waals surface area contributed by atoms with Crippen LogP contribution in [0.3, 0.4) is 0 Å². The molecular formula is C14H20ClNO. The van der Waals surface area contributed by atoms with Gasteiger partial charge in [-0.3, -0.25) is 0 Å². The summed E-state index contributed by atoms with van der Waals surface area (Å²) < 4.78 is 0. The number of halogens is 1. The Hall–Kier alpha value is -0.570. The number of nitrogens with one attached hydrogen (secondary N) is 1. The van der Waals surface area contributed by atoms with E-state index in [-0.39, 0.29) is 6.10 Å². The molecule has 2 nitrogen and oxygen atoms in total. The summed E-state index contributed by atoms with van der Waals surface area (Å²) in [5.74, 6) is 0.419. The first-order valence-corrected chi connectivity index (χ1v) is 6.77. The Morgan fingerprint density at radius 1 is 1.47 bits per heavy atom. The fourth-order valence-electron chi connectivity index (χ4n) is 2.45. The van der Waals surface area contributed by atoms with E-state index in [1.807, 2.05) is 18.2 Å². The van der Waals surface area contributed by atoms with Gasteiger partial charge in [0.1, 0.15) is 0 Å². The van der Waals surface area contributed by atoms with Gasteiger partial charge in [0, 0.05) is 11.6 Å². The summed E-state index contributed by atoms with van der Waals surface area (Å²) in [5, 5.41) is 14.2. The molecule has 3 heteroatoms. The van der Waals surface area contributed by atoms with Crippen LogP contribution in [0.5, 0.6) is 0 Å². The van der Waals surface area contributed by atoms with E-state index in [1.165, 1.54) is 12.0 Å². The van der Waals surface area contributed by atoms with Crippen LogP contribution in [0.1, 0.15) is 24.8 Å². The standard InChI is InChI=1S/C14H20ClNO/c15-13-5-1-3-11(9-13)6-7-14(17)12-4-2-8-16-10-12/h1,3,5,9,12,14,16-17H,2,4,6-8,10H2. The molecule has 1 aliphatic rings. The summed E-state index contributed by atoms with van der Waals surface area (Å²) in [4.78, 5) is 0. The molecule has 1 heterocycles. The van der Waals surface area contributed by atoms with Gasteiger partial charge in [-0.15, -0.1) is 0 Å². The molecule has 1 aromatic rings. The molecule has 2 rings (SSSR count). The van der Waals surface area contributed by atoms with Crippen molar-refractivity contribution >= 4 is 11.6 Å². The molecule has 0 amide bonds. The largest absolute Gasteiger partial charge is 0.393 e. The zero-order valence-electron chi connectivity index (χ0n) is 10.0. The molecule has 1 aliphatic heterocycles. The van der Waals surface area contributed by atoms with E-state index in [0.717, 1.165) is 37.4 Å². The molecule has 1 aromatic carbocycles. The summed E-state index contributed by atoms with van der Waals surface area (Å²) in [5.41, 5.74) is 1.21. The van der Waals surface area contributed by atoms with E-state index < -0.39 is 0 Å². The Labute approximate surface area is 108 Å². The maximum Gasteiger partial charge on any atom is 0.0583 e. The number of hydrogen-bond acceptors (Lipinski definition) is 2. The maximum absolute atomic E-state index is 10.1. The number of rotatable bonds is 4. The highest BCUT2D eigenvalue weighted by molar-refractivity contribution is 6.30. The van der Waals surface area contributed by atoms with Crippen molar-refractivity contribution in [1.29, 1.82) is 0 Å². The number of benzene rings is 1. The molecule has 94 valence electrons. The maximum atomic E-state index is 10.1. The third-order valence-electron chi connectivity index (χ3n) is 3.50. The van der Waals surface area contributed by atoms with Gasteiger partial charge in [0.05, 0.1) is 6.10 Å². The monoisotopic (exact) mass is 253 g/mol. The van der Waals surface area contributed by atoms with Crippen LogP contribution in [0.15, 0.2) is 24.3 Å². The predicted octanol–water partition coefficient (Wildman–Crippen LogP) is 2.63. The van der Waals surface area contributed by atoms with Crippen molar-refractivity contribution in [3.8, 4) is 0 Å². The average molecular weight is 254 g/mol. The Morgan fingerprint density at radius 3 is 3.06 bits per heavy atom. The number of aliphatic hydroxyl groups excluding tert-OH is 1. The minimum Gasteiger partial charge on any atom is -0.393 e. The highest BCUT2D eigenvalue weighted by atomic mass is 35.5. The molecule has 2 atom stereocenters. The molecular weight excluding hydrogens is 234 g/mol. The molecule has 0 aromatic heterocycles. The van der Waals surface area contributed by atoms with Crippen LogP contribution in [0, 0.1) is 5.92 Å². The van der Waals surface area contributed by atoms with Gasteiger partial charge in [0.2, 0.25) is 0 Å². The Morgan fingerprint density at radius 2 is 2.35 bits per heavy atom.